The number of carboxylic acid groups (broad SMARTS) is 1. The van der Waals surface area contributed by atoms with Crippen molar-refractivity contribution in [3.63, 3.8) is 0 Å². The highest BCUT2D eigenvalue weighted by atomic mass is 16.5. The number of rotatable bonds is 8. The molecule has 4 aromatic rings. The summed E-state index contributed by atoms with van der Waals surface area (Å²) in [7, 11) is 1.64. The van der Waals surface area contributed by atoms with E-state index >= 15 is 0 Å². The quantitative estimate of drug-likeness (QED) is 0.404. The zero-order valence-electron chi connectivity index (χ0n) is 17.9. The number of fused-ring (bicyclic) bond motifs is 1. The van der Waals surface area contributed by atoms with Gasteiger partial charge in [0.2, 0.25) is 0 Å². The van der Waals surface area contributed by atoms with Crippen molar-refractivity contribution in [2.45, 2.75) is 20.1 Å². The fourth-order valence-corrected chi connectivity index (χ4v) is 3.48. The van der Waals surface area contributed by atoms with Gasteiger partial charge in [0.05, 0.1) is 23.9 Å². The van der Waals surface area contributed by atoms with Gasteiger partial charge in [-0.3, -0.25) is 0 Å². The molecule has 0 aliphatic heterocycles. The summed E-state index contributed by atoms with van der Waals surface area (Å²) >= 11 is 0. The van der Waals surface area contributed by atoms with Crippen LogP contribution in [0.3, 0.4) is 0 Å². The van der Waals surface area contributed by atoms with E-state index in [2.05, 4.69) is 4.98 Å². The average Bonchev–Trinajstić information content (AvgIpc) is 2.81. The number of benzene rings is 3. The van der Waals surface area contributed by atoms with Crippen molar-refractivity contribution in [3.8, 4) is 17.2 Å². The molecule has 0 saturated heterocycles. The van der Waals surface area contributed by atoms with Crippen molar-refractivity contribution in [1.82, 2.24) is 4.98 Å². The van der Waals surface area contributed by atoms with Gasteiger partial charge in [-0.1, -0.05) is 30.3 Å². The van der Waals surface area contributed by atoms with Crippen LogP contribution in [0.1, 0.15) is 27.2 Å². The Bertz CT molecular complexity index is 1270. The van der Waals surface area contributed by atoms with Crippen LogP contribution in [0.15, 0.2) is 72.8 Å². The molecule has 0 atom stereocenters. The number of nitrogens with zero attached hydrogens (tertiary/aromatic N) is 1. The molecule has 0 aliphatic carbocycles. The Morgan fingerprint density at radius 1 is 0.875 bits per heavy atom. The first-order valence-electron chi connectivity index (χ1n) is 10.1. The van der Waals surface area contributed by atoms with E-state index < -0.39 is 5.97 Å². The molecule has 0 amide bonds. The third-order valence-corrected chi connectivity index (χ3v) is 5.11. The summed E-state index contributed by atoms with van der Waals surface area (Å²) in [4.78, 5) is 16.2. The van der Waals surface area contributed by atoms with E-state index in [1.807, 2.05) is 54.6 Å². The van der Waals surface area contributed by atoms with Gasteiger partial charge in [-0.05, 0) is 48.9 Å². The highest BCUT2D eigenvalue weighted by molar-refractivity contribution is 5.91. The summed E-state index contributed by atoms with van der Waals surface area (Å²) < 4.78 is 17.0. The second kappa shape index (κ2) is 9.39. The zero-order chi connectivity index (χ0) is 22.5. The molecule has 1 aromatic heterocycles. The maximum atomic E-state index is 11.6. The number of aromatic nitrogens is 1. The van der Waals surface area contributed by atoms with Gasteiger partial charge in [-0.25, -0.2) is 9.78 Å². The molecule has 0 fully saturated rings. The third-order valence-electron chi connectivity index (χ3n) is 5.11. The van der Waals surface area contributed by atoms with Gasteiger partial charge < -0.3 is 19.3 Å². The maximum absolute atomic E-state index is 11.6. The lowest BCUT2D eigenvalue weighted by atomic mass is 10.0. The molecule has 6 nitrogen and oxygen atoms in total. The predicted octanol–water partition coefficient (Wildman–Crippen LogP) is 5.41. The number of carboxylic acids is 1. The number of hydrogen-bond acceptors (Lipinski definition) is 5. The van der Waals surface area contributed by atoms with E-state index in [1.165, 1.54) is 0 Å². The molecule has 162 valence electrons. The number of methoxy groups -OCH3 is 1. The van der Waals surface area contributed by atoms with Crippen LogP contribution in [0, 0.1) is 6.92 Å². The van der Waals surface area contributed by atoms with Crippen LogP contribution in [0.25, 0.3) is 10.9 Å². The van der Waals surface area contributed by atoms with Crippen LogP contribution in [-0.2, 0) is 13.2 Å². The number of aromatic carboxylic acids is 1. The van der Waals surface area contributed by atoms with E-state index in [-0.39, 0.29) is 12.2 Å². The number of pyridine rings is 1. The first-order valence-corrected chi connectivity index (χ1v) is 10.1. The number of hydrogen-bond donors (Lipinski definition) is 1. The minimum Gasteiger partial charge on any atom is -0.497 e. The van der Waals surface area contributed by atoms with E-state index in [4.69, 9.17) is 14.2 Å². The number of ether oxygens (including phenoxy) is 3. The van der Waals surface area contributed by atoms with Crippen LogP contribution in [0.2, 0.25) is 0 Å². The van der Waals surface area contributed by atoms with Crippen LogP contribution >= 0.6 is 0 Å². The molecule has 0 saturated carbocycles. The standard InChI is InChI=1S/C26H23NO5/c1-17-5-3-6-19(25(17)26(28)29)15-31-22-7-4-8-23(14-22)32-16-20-10-9-18-13-21(30-2)11-12-24(18)27-20/h3-14H,15-16H2,1-2H3,(H,28,29). The minimum atomic E-state index is -0.958. The fourth-order valence-electron chi connectivity index (χ4n) is 3.48. The Kier molecular flexibility index (Phi) is 6.22. The highest BCUT2D eigenvalue weighted by Crippen LogP contribution is 2.24. The zero-order valence-corrected chi connectivity index (χ0v) is 17.9. The number of aryl methyl sites for hydroxylation is 1. The maximum Gasteiger partial charge on any atom is 0.336 e. The molecule has 0 aliphatic rings. The summed E-state index contributed by atoms with van der Waals surface area (Å²) in [5.41, 5.74) is 3.29. The molecule has 1 heterocycles. The van der Waals surface area contributed by atoms with Crippen molar-refractivity contribution in [1.29, 1.82) is 0 Å². The van der Waals surface area contributed by atoms with Crippen LogP contribution < -0.4 is 14.2 Å². The monoisotopic (exact) mass is 429 g/mol. The molecular weight excluding hydrogens is 406 g/mol. The van der Waals surface area contributed by atoms with Gasteiger partial charge in [0.1, 0.15) is 30.5 Å². The Labute approximate surface area is 186 Å². The van der Waals surface area contributed by atoms with E-state index in [0.717, 1.165) is 22.3 Å². The molecular formula is C26H23NO5. The Morgan fingerprint density at radius 2 is 1.62 bits per heavy atom. The van der Waals surface area contributed by atoms with Gasteiger partial charge in [0.25, 0.3) is 0 Å². The number of carbonyl (C=O) groups is 1. The third kappa shape index (κ3) is 4.81. The Morgan fingerprint density at radius 3 is 2.38 bits per heavy atom. The lowest BCUT2D eigenvalue weighted by Gasteiger charge is -2.12. The molecule has 3 aromatic carbocycles. The highest BCUT2D eigenvalue weighted by Gasteiger charge is 2.13. The molecule has 0 spiro atoms. The van der Waals surface area contributed by atoms with Crippen molar-refractivity contribution < 1.29 is 24.1 Å². The molecule has 4 rings (SSSR count). The second-order valence-electron chi connectivity index (χ2n) is 7.33. The lowest BCUT2D eigenvalue weighted by molar-refractivity contribution is 0.0693. The summed E-state index contributed by atoms with van der Waals surface area (Å²) in [5.74, 6) is 1.07. The largest absolute Gasteiger partial charge is 0.497 e. The second-order valence-corrected chi connectivity index (χ2v) is 7.33. The SMILES string of the molecule is COc1ccc2nc(COc3cccc(OCc4cccc(C)c4C(=O)O)c3)ccc2c1. The topological polar surface area (TPSA) is 77.9 Å². The molecule has 0 unspecified atom stereocenters. The molecule has 32 heavy (non-hydrogen) atoms. The van der Waals surface area contributed by atoms with Crippen LogP contribution in [0.4, 0.5) is 0 Å². The minimum absolute atomic E-state index is 0.155. The Balaban J connectivity index is 1.42. The van der Waals surface area contributed by atoms with E-state index in [1.54, 1.807) is 32.2 Å². The van der Waals surface area contributed by atoms with Crippen LogP contribution in [-0.4, -0.2) is 23.2 Å². The van der Waals surface area contributed by atoms with Gasteiger partial charge >= 0.3 is 5.97 Å². The Hall–Kier alpha value is -4.06. The predicted molar refractivity (Wildman–Crippen MR) is 122 cm³/mol. The van der Waals surface area contributed by atoms with Crippen molar-refractivity contribution in [2.24, 2.45) is 0 Å². The van der Waals surface area contributed by atoms with Gasteiger partial charge in [-0.2, -0.15) is 0 Å². The molecule has 0 radical (unpaired) electrons. The first kappa shape index (κ1) is 21.2. The van der Waals surface area contributed by atoms with E-state index in [9.17, 15) is 9.90 Å². The summed E-state index contributed by atoms with van der Waals surface area (Å²) in [5, 5.41) is 10.5. The smallest absolute Gasteiger partial charge is 0.336 e. The van der Waals surface area contributed by atoms with Crippen molar-refractivity contribution in [3.05, 3.63) is 95.2 Å². The molecule has 6 heteroatoms. The summed E-state index contributed by atoms with van der Waals surface area (Å²) in [6.07, 6.45) is 0. The normalized spacial score (nSPS) is 10.7. The average molecular weight is 429 g/mol. The molecule has 1 N–H and O–H groups in total. The van der Waals surface area contributed by atoms with Crippen molar-refractivity contribution in [2.75, 3.05) is 7.11 Å². The van der Waals surface area contributed by atoms with Crippen molar-refractivity contribution >= 4 is 16.9 Å². The van der Waals surface area contributed by atoms with Gasteiger partial charge in [0, 0.05) is 17.0 Å². The first-order chi connectivity index (χ1) is 15.5. The summed E-state index contributed by atoms with van der Waals surface area (Å²) in [6.45, 7) is 2.24. The summed E-state index contributed by atoms with van der Waals surface area (Å²) in [6, 6.07) is 22.3. The van der Waals surface area contributed by atoms with E-state index in [0.29, 0.717) is 29.2 Å². The van der Waals surface area contributed by atoms with Crippen LogP contribution in [0.5, 0.6) is 17.2 Å². The lowest BCUT2D eigenvalue weighted by Crippen LogP contribution is -2.08. The fraction of sp³-hybridized carbons (Fsp3) is 0.154. The van der Waals surface area contributed by atoms with Gasteiger partial charge in [-0.15, -0.1) is 0 Å². The molecule has 0 bridgehead atoms. The van der Waals surface area contributed by atoms with Gasteiger partial charge in [0.15, 0.2) is 0 Å².